The molecular weight excluding hydrogens is 480 g/mol. The maximum Gasteiger partial charge on any atom is 0.269 e. The van der Waals surface area contributed by atoms with Gasteiger partial charge in [0.15, 0.2) is 0 Å². The molecule has 1 atom stereocenters. The lowest BCUT2D eigenvalue weighted by Crippen LogP contribution is -2.50. The summed E-state index contributed by atoms with van der Waals surface area (Å²) in [6, 6.07) is 12.3. The highest BCUT2D eigenvalue weighted by Crippen LogP contribution is 2.27. The monoisotopic (exact) mass is 494 g/mol. The summed E-state index contributed by atoms with van der Waals surface area (Å²) >= 11 is 14.7. The number of hydrogen-bond donors (Lipinski definition) is 2. The summed E-state index contributed by atoms with van der Waals surface area (Å²) in [6.07, 6.45) is -0.166. The van der Waals surface area contributed by atoms with E-state index in [-0.39, 0.29) is 17.4 Å². The van der Waals surface area contributed by atoms with Gasteiger partial charge in [0, 0.05) is 22.1 Å². The molecule has 29 heavy (non-hydrogen) atoms. The Kier molecular flexibility index (Phi) is 6.51. The van der Waals surface area contributed by atoms with Crippen LogP contribution in [-0.2, 0) is 9.59 Å². The van der Waals surface area contributed by atoms with E-state index in [2.05, 4.69) is 26.7 Å². The largest absolute Gasteiger partial charge is 0.359 e. The van der Waals surface area contributed by atoms with Crippen molar-refractivity contribution < 1.29 is 14.4 Å². The Balaban J connectivity index is 1.90. The van der Waals surface area contributed by atoms with Crippen LogP contribution >= 0.6 is 39.7 Å². The molecular formula is C19H16BrClN4O3S. The van der Waals surface area contributed by atoms with Gasteiger partial charge < -0.3 is 5.32 Å². The fraction of sp³-hybridized carbons (Fsp3) is 0.158. The van der Waals surface area contributed by atoms with E-state index in [1.807, 2.05) is 0 Å². The molecule has 0 bridgehead atoms. The molecule has 0 radical (unpaired) electrons. The van der Waals surface area contributed by atoms with Gasteiger partial charge in [0.05, 0.1) is 12.1 Å². The van der Waals surface area contributed by atoms with Crippen LogP contribution in [0.5, 0.6) is 0 Å². The molecule has 2 aromatic carbocycles. The average Bonchev–Trinajstić information content (AvgIpc) is 2.93. The lowest BCUT2D eigenvalue weighted by Gasteiger charge is -2.24. The molecule has 0 spiro atoms. The fourth-order valence-corrected chi connectivity index (χ4v) is 3.54. The highest BCUT2D eigenvalue weighted by Gasteiger charge is 2.45. The Morgan fingerprint density at radius 2 is 1.76 bits per heavy atom. The molecule has 1 fully saturated rings. The standard InChI is InChI=1S/C19H16BrClN4O3S/c1-22-16(26)10-15-18(28)24(14-8-6-13(21)7-9-14)19(29)25(15)23-17(27)11-2-4-12(20)5-3-11/h2-9,15H,10H2,1H3,(H,22,26)(H,23,27). The van der Waals surface area contributed by atoms with Crippen LogP contribution in [-0.4, -0.2) is 40.9 Å². The van der Waals surface area contributed by atoms with Gasteiger partial charge in [-0.1, -0.05) is 27.5 Å². The second kappa shape index (κ2) is 8.89. The first-order valence-electron chi connectivity index (χ1n) is 8.51. The van der Waals surface area contributed by atoms with Gasteiger partial charge in [0.2, 0.25) is 11.0 Å². The zero-order chi connectivity index (χ0) is 21.1. The van der Waals surface area contributed by atoms with Crippen molar-refractivity contribution in [3.05, 3.63) is 63.6 Å². The number of anilines is 1. The molecule has 3 rings (SSSR count). The average molecular weight is 496 g/mol. The molecule has 2 aromatic rings. The number of carbonyl (C=O) groups excluding carboxylic acids is 3. The topological polar surface area (TPSA) is 81.8 Å². The van der Waals surface area contributed by atoms with Crippen LogP contribution in [0.2, 0.25) is 5.02 Å². The second-order valence-corrected chi connectivity index (χ2v) is 7.86. The van der Waals surface area contributed by atoms with Crippen LogP contribution in [0.4, 0.5) is 5.69 Å². The molecule has 10 heteroatoms. The zero-order valence-corrected chi connectivity index (χ0v) is 18.3. The molecule has 2 N–H and O–H groups in total. The summed E-state index contributed by atoms with van der Waals surface area (Å²) in [5.41, 5.74) is 3.53. The van der Waals surface area contributed by atoms with Gasteiger partial charge in [0.25, 0.3) is 11.8 Å². The minimum Gasteiger partial charge on any atom is -0.359 e. The van der Waals surface area contributed by atoms with Gasteiger partial charge in [-0.2, -0.15) is 0 Å². The van der Waals surface area contributed by atoms with Crippen molar-refractivity contribution in [2.24, 2.45) is 0 Å². The molecule has 1 aliphatic heterocycles. The van der Waals surface area contributed by atoms with Crippen LogP contribution in [0.15, 0.2) is 53.0 Å². The predicted octanol–water partition coefficient (Wildman–Crippen LogP) is 2.89. The molecule has 3 amide bonds. The van der Waals surface area contributed by atoms with Crippen molar-refractivity contribution in [1.82, 2.24) is 15.8 Å². The summed E-state index contributed by atoms with van der Waals surface area (Å²) in [6.45, 7) is 0. The molecule has 1 saturated heterocycles. The second-order valence-electron chi connectivity index (χ2n) is 6.14. The predicted molar refractivity (Wildman–Crippen MR) is 117 cm³/mol. The third-order valence-electron chi connectivity index (χ3n) is 4.29. The minimum atomic E-state index is -0.975. The SMILES string of the molecule is CNC(=O)CC1C(=O)N(c2ccc(Cl)cc2)C(=S)N1NC(=O)c1ccc(Br)cc1. The van der Waals surface area contributed by atoms with E-state index in [0.29, 0.717) is 16.3 Å². The molecule has 1 heterocycles. The smallest absolute Gasteiger partial charge is 0.269 e. The maximum atomic E-state index is 13.1. The van der Waals surface area contributed by atoms with Crippen LogP contribution in [0, 0.1) is 0 Å². The van der Waals surface area contributed by atoms with Crippen molar-refractivity contribution >= 4 is 68.3 Å². The molecule has 0 aromatic heterocycles. The molecule has 1 aliphatic rings. The highest BCUT2D eigenvalue weighted by molar-refractivity contribution is 9.10. The van der Waals surface area contributed by atoms with E-state index in [4.69, 9.17) is 23.8 Å². The highest BCUT2D eigenvalue weighted by atomic mass is 79.9. The van der Waals surface area contributed by atoms with Gasteiger partial charge >= 0.3 is 0 Å². The van der Waals surface area contributed by atoms with E-state index in [1.165, 1.54) is 17.0 Å². The Bertz CT molecular complexity index is 968. The zero-order valence-electron chi connectivity index (χ0n) is 15.2. The summed E-state index contributed by atoms with van der Waals surface area (Å²) < 4.78 is 0.826. The van der Waals surface area contributed by atoms with E-state index in [1.54, 1.807) is 48.5 Å². The van der Waals surface area contributed by atoms with Gasteiger partial charge in [-0.25, -0.2) is 5.01 Å². The number of nitrogens with one attached hydrogen (secondary N) is 2. The first-order valence-corrected chi connectivity index (χ1v) is 10.1. The van der Waals surface area contributed by atoms with Crippen molar-refractivity contribution in [1.29, 1.82) is 0 Å². The first-order chi connectivity index (χ1) is 13.8. The van der Waals surface area contributed by atoms with E-state index in [0.717, 1.165) is 4.47 Å². The van der Waals surface area contributed by atoms with Crippen molar-refractivity contribution in [3.8, 4) is 0 Å². The Morgan fingerprint density at radius 1 is 1.14 bits per heavy atom. The molecule has 150 valence electrons. The molecule has 0 aliphatic carbocycles. The fourth-order valence-electron chi connectivity index (χ4n) is 2.78. The number of thiocarbonyl (C=S) groups is 1. The van der Waals surface area contributed by atoms with Gasteiger partial charge in [-0.15, -0.1) is 0 Å². The van der Waals surface area contributed by atoms with Crippen molar-refractivity contribution in [2.75, 3.05) is 11.9 Å². The number of hydrogen-bond acceptors (Lipinski definition) is 4. The van der Waals surface area contributed by atoms with Gasteiger partial charge in [0.1, 0.15) is 6.04 Å². The number of benzene rings is 2. The molecule has 1 unspecified atom stereocenters. The van der Waals surface area contributed by atoms with Crippen molar-refractivity contribution in [3.63, 3.8) is 0 Å². The van der Waals surface area contributed by atoms with Crippen LogP contribution < -0.4 is 15.6 Å². The lowest BCUT2D eigenvalue weighted by atomic mass is 10.2. The molecule has 0 saturated carbocycles. The first kappa shape index (κ1) is 21.2. The summed E-state index contributed by atoms with van der Waals surface area (Å²) in [4.78, 5) is 39.0. The summed E-state index contributed by atoms with van der Waals surface area (Å²) in [7, 11) is 1.47. The number of hydrazine groups is 1. The number of amides is 3. The van der Waals surface area contributed by atoms with Gasteiger partial charge in [-0.05, 0) is 60.7 Å². The number of halogens is 2. The van der Waals surface area contributed by atoms with Gasteiger partial charge in [-0.3, -0.25) is 24.7 Å². The Morgan fingerprint density at radius 3 is 2.34 bits per heavy atom. The third-order valence-corrected chi connectivity index (χ3v) is 5.45. The Hall–Kier alpha value is -2.49. The van der Waals surface area contributed by atoms with E-state index in [9.17, 15) is 14.4 Å². The number of rotatable bonds is 5. The van der Waals surface area contributed by atoms with Crippen LogP contribution in [0.25, 0.3) is 0 Å². The maximum absolute atomic E-state index is 13.1. The molecule has 7 nitrogen and oxygen atoms in total. The number of carbonyl (C=O) groups is 3. The van der Waals surface area contributed by atoms with E-state index < -0.39 is 17.9 Å². The lowest BCUT2D eigenvalue weighted by molar-refractivity contribution is -0.127. The van der Waals surface area contributed by atoms with Crippen LogP contribution in [0.3, 0.4) is 0 Å². The quantitative estimate of drug-likeness (QED) is 0.624. The Labute approximate surface area is 186 Å². The van der Waals surface area contributed by atoms with Crippen LogP contribution in [0.1, 0.15) is 16.8 Å². The normalized spacial score (nSPS) is 16.2. The summed E-state index contributed by atoms with van der Waals surface area (Å²) in [5, 5.41) is 4.32. The minimum absolute atomic E-state index is 0.0664. The summed E-state index contributed by atoms with van der Waals surface area (Å²) in [5.74, 6) is -1.23. The number of nitrogens with zero attached hydrogens (tertiary/aromatic N) is 2. The van der Waals surface area contributed by atoms with E-state index >= 15 is 0 Å². The third kappa shape index (κ3) is 4.58. The van der Waals surface area contributed by atoms with Crippen molar-refractivity contribution in [2.45, 2.75) is 12.5 Å².